The van der Waals surface area contributed by atoms with Crippen LogP contribution in [0.1, 0.15) is 25.0 Å². The number of carbonyl (C=O) groups is 2. The lowest BCUT2D eigenvalue weighted by Gasteiger charge is -2.18. The molecule has 0 unspecified atom stereocenters. The molecule has 0 saturated heterocycles. The van der Waals surface area contributed by atoms with Crippen LogP contribution in [0.5, 0.6) is 23.0 Å². The number of fused-ring (bicyclic) bond motifs is 2. The van der Waals surface area contributed by atoms with E-state index in [9.17, 15) is 9.59 Å². The van der Waals surface area contributed by atoms with E-state index in [0.29, 0.717) is 51.0 Å². The average molecular weight is 507 g/mol. The van der Waals surface area contributed by atoms with Gasteiger partial charge in [0.15, 0.2) is 11.5 Å². The van der Waals surface area contributed by atoms with Crippen LogP contribution in [0.2, 0.25) is 0 Å². The van der Waals surface area contributed by atoms with Crippen LogP contribution < -0.4 is 18.9 Å². The molecule has 0 atom stereocenters. The molecular weight excluding hydrogens is 480 g/mol. The van der Waals surface area contributed by atoms with E-state index in [1.807, 2.05) is 62.4 Å². The molecule has 38 heavy (non-hydrogen) atoms. The number of carbonyl (C=O) groups excluding carboxylic acids is 2. The maximum atomic E-state index is 12.9. The van der Waals surface area contributed by atoms with E-state index in [-0.39, 0.29) is 0 Å². The molecule has 190 valence electrons. The summed E-state index contributed by atoms with van der Waals surface area (Å²) >= 11 is 0. The number of ether oxygens (including phenoxy) is 4. The van der Waals surface area contributed by atoms with Gasteiger partial charge in [-0.1, -0.05) is 80.6 Å². The summed E-state index contributed by atoms with van der Waals surface area (Å²) < 4.78 is 22.6. The van der Waals surface area contributed by atoms with E-state index < -0.39 is 12.3 Å². The predicted octanol–water partition coefficient (Wildman–Crippen LogP) is 8.27. The molecule has 0 amide bonds. The molecule has 0 aromatic heterocycles. The van der Waals surface area contributed by atoms with E-state index >= 15 is 0 Å². The number of benzene rings is 5. The van der Waals surface area contributed by atoms with Crippen molar-refractivity contribution in [2.24, 2.45) is 0 Å². The minimum absolute atomic E-state index is 0.338. The highest BCUT2D eigenvalue weighted by Crippen LogP contribution is 2.45. The first-order chi connectivity index (χ1) is 18.6. The highest BCUT2D eigenvalue weighted by molar-refractivity contribution is 6.13. The van der Waals surface area contributed by atoms with E-state index in [2.05, 4.69) is 0 Å². The summed E-state index contributed by atoms with van der Waals surface area (Å²) in [6, 6.07) is 28.9. The molecule has 0 aliphatic rings. The summed E-state index contributed by atoms with van der Waals surface area (Å²) in [4.78, 5) is 25.8. The van der Waals surface area contributed by atoms with Crippen LogP contribution in [0, 0.1) is 0 Å². The molecule has 0 heterocycles. The Morgan fingerprint density at radius 1 is 0.553 bits per heavy atom. The van der Waals surface area contributed by atoms with Crippen molar-refractivity contribution in [1.82, 2.24) is 0 Å². The third-order valence-corrected chi connectivity index (χ3v) is 6.24. The minimum Gasteiger partial charge on any atom is -0.395 e. The van der Waals surface area contributed by atoms with E-state index in [4.69, 9.17) is 18.9 Å². The van der Waals surface area contributed by atoms with Gasteiger partial charge in [-0.2, -0.15) is 0 Å². The number of rotatable bonds is 6. The van der Waals surface area contributed by atoms with Gasteiger partial charge in [0.05, 0.1) is 0 Å². The standard InChI is InChI=1S/C32H26O6/c1-3-21-18-19-25-27(20-21)29(37-31(33)35-23-13-7-5-8-14-23)26-17-11-12-22(4-2)28(26)30(25)38-32(34)36-24-15-9-6-10-16-24/h5-20H,3-4H2,1-2H3. The highest BCUT2D eigenvalue weighted by atomic mass is 16.7. The van der Waals surface area contributed by atoms with Gasteiger partial charge in [0, 0.05) is 21.5 Å². The second-order valence-corrected chi connectivity index (χ2v) is 8.62. The first kappa shape index (κ1) is 24.8. The first-order valence-corrected chi connectivity index (χ1v) is 12.5. The van der Waals surface area contributed by atoms with Crippen LogP contribution in [0.3, 0.4) is 0 Å². The van der Waals surface area contributed by atoms with Crippen molar-refractivity contribution in [2.45, 2.75) is 26.7 Å². The second-order valence-electron chi connectivity index (χ2n) is 8.62. The Balaban J connectivity index is 1.65. The zero-order chi connectivity index (χ0) is 26.5. The Morgan fingerprint density at radius 2 is 1.16 bits per heavy atom. The molecule has 0 aliphatic heterocycles. The molecule has 0 N–H and O–H groups in total. The van der Waals surface area contributed by atoms with Gasteiger partial charge in [0.2, 0.25) is 0 Å². The van der Waals surface area contributed by atoms with Crippen LogP contribution in [-0.4, -0.2) is 12.3 Å². The monoisotopic (exact) mass is 506 g/mol. The Labute approximate surface area is 220 Å². The molecule has 0 spiro atoms. The van der Waals surface area contributed by atoms with Gasteiger partial charge in [-0.05, 0) is 54.3 Å². The molecule has 5 rings (SSSR count). The zero-order valence-electron chi connectivity index (χ0n) is 21.1. The largest absolute Gasteiger partial charge is 0.519 e. The quantitative estimate of drug-likeness (QED) is 0.131. The van der Waals surface area contributed by atoms with Crippen LogP contribution in [0.4, 0.5) is 9.59 Å². The van der Waals surface area contributed by atoms with Crippen molar-refractivity contribution in [2.75, 3.05) is 0 Å². The van der Waals surface area contributed by atoms with Crippen molar-refractivity contribution < 1.29 is 28.5 Å². The van der Waals surface area contributed by atoms with Gasteiger partial charge in [-0.3, -0.25) is 0 Å². The molecule has 5 aromatic rings. The fourth-order valence-electron chi connectivity index (χ4n) is 4.42. The number of aryl methyl sites for hydroxylation is 2. The summed E-state index contributed by atoms with van der Waals surface area (Å²) in [6.07, 6.45) is -0.294. The molecule has 0 bridgehead atoms. The molecule has 0 fully saturated rings. The molecule has 6 nitrogen and oxygen atoms in total. The summed E-state index contributed by atoms with van der Waals surface area (Å²) in [5, 5.41) is 2.53. The Bertz CT molecular complexity index is 1610. The maximum absolute atomic E-state index is 12.9. The summed E-state index contributed by atoms with van der Waals surface area (Å²) in [7, 11) is 0. The van der Waals surface area contributed by atoms with Gasteiger partial charge >= 0.3 is 12.3 Å². The van der Waals surface area contributed by atoms with Gasteiger partial charge in [0.1, 0.15) is 11.5 Å². The number of para-hydroxylation sites is 2. The predicted molar refractivity (Wildman–Crippen MR) is 146 cm³/mol. The van der Waals surface area contributed by atoms with Gasteiger partial charge in [-0.25, -0.2) is 9.59 Å². The summed E-state index contributed by atoms with van der Waals surface area (Å²) in [5.74, 6) is 1.43. The maximum Gasteiger partial charge on any atom is 0.519 e. The van der Waals surface area contributed by atoms with E-state index in [1.165, 1.54) is 0 Å². The van der Waals surface area contributed by atoms with Crippen LogP contribution in [0.25, 0.3) is 21.5 Å². The molecule has 0 saturated carbocycles. The average Bonchev–Trinajstić information content (AvgIpc) is 2.95. The molecule has 6 heteroatoms. The first-order valence-electron chi connectivity index (χ1n) is 12.5. The molecular formula is C32H26O6. The van der Waals surface area contributed by atoms with Gasteiger partial charge in [-0.15, -0.1) is 0 Å². The Morgan fingerprint density at radius 3 is 1.74 bits per heavy atom. The lowest BCUT2D eigenvalue weighted by atomic mass is 9.94. The molecule has 5 aromatic carbocycles. The number of hydrogen-bond donors (Lipinski definition) is 0. The Kier molecular flexibility index (Phi) is 7.22. The minimum atomic E-state index is -0.861. The third-order valence-electron chi connectivity index (χ3n) is 6.24. The smallest absolute Gasteiger partial charge is 0.395 e. The van der Waals surface area contributed by atoms with Crippen molar-refractivity contribution in [3.63, 3.8) is 0 Å². The summed E-state index contributed by atoms with van der Waals surface area (Å²) in [5.41, 5.74) is 1.95. The SMILES string of the molecule is CCc1ccc2c(OC(=O)Oc3ccccc3)c3c(CC)cccc3c(OC(=O)Oc3ccccc3)c2c1. The molecule has 0 aliphatic carbocycles. The van der Waals surface area contributed by atoms with Crippen LogP contribution in [0.15, 0.2) is 97.1 Å². The van der Waals surface area contributed by atoms with Crippen molar-refractivity contribution in [3.8, 4) is 23.0 Å². The third kappa shape index (κ3) is 5.15. The van der Waals surface area contributed by atoms with Gasteiger partial charge < -0.3 is 18.9 Å². The normalized spacial score (nSPS) is 10.8. The highest BCUT2D eigenvalue weighted by Gasteiger charge is 2.23. The van der Waals surface area contributed by atoms with Crippen LogP contribution in [-0.2, 0) is 12.8 Å². The second kappa shape index (κ2) is 11.0. The van der Waals surface area contributed by atoms with Gasteiger partial charge in [0.25, 0.3) is 0 Å². The Hall–Kier alpha value is -4.84. The lowest BCUT2D eigenvalue weighted by molar-refractivity contribution is 0.151. The fraction of sp³-hybridized carbons (Fsp3) is 0.125. The van der Waals surface area contributed by atoms with Crippen molar-refractivity contribution in [1.29, 1.82) is 0 Å². The van der Waals surface area contributed by atoms with E-state index in [0.717, 1.165) is 17.5 Å². The van der Waals surface area contributed by atoms with E-state index in [1.54, 1.807) is 48.5 Å². The fourth-order valence-corrected chi connectivity index (χ4v) is 4.42. The lowest BCUT2D eigenvalue weighted by Crippen LogP contribution is -2.16. The van der Waals surface area contributed by atoms with Crippen molar-refractivity contribution >= 4 is 33.9 Å². The topological polar surface area (TPSA) is 71.1 Å². The summed E-state index contributed by atoms with van der Waals surface area (Å²) in [6.45, 7) is 4.05. The van der Waals surface area contributed by atoms with Crippen molar-refractivity contribution in [3.05, 3.63) is 108 Å². The zero-order valence-corrected chi connectivity index (χ0v) is 21.1. The van der Waals surface area contributed by atoms with Crippen LogP contribution >= 0.6 is 0 Å². The molecule has 0 radical (unpaired) electrons. The number of hydrogen-bond acceptors (Lipinski definition) is 6.